The van der Waals surface area contributed by atoms with Crippen molar-refractivity contribution < 1.29 is 14.3 Å². The highest BCUT2D eigenvalue weighted by molar-refractivity contribution is 6.07. The fourth-order valence-electron chi connectivity index (χ4n) is 1.59. The maximum atomic E-state index is 11.8. The molecular weight excluding hydrogens is 206 g/mol. The van der Waals surface area contributed by atoms with Gasteiger partial charge in [0.1, 0.15) is 5.70 Å². The van der Waals surface area contributed by atoms with Crippen molar-refractivity contribution in [2.45, 2.75) is 12.5 Å². The van der Waals surface area contributed by atoms with Gasteiger partial charge in [-0.3, -0.25) is 4.79 Å². The summed E-state index contributed by atoms with van der Waals surface area (Å²) in [6.07, 6.45) is 1.12. The van der Waals surface area contributed by atoms with Crippen LogP contribution < -0.4 is 5.73 Å². The second kappa shape index (κ2) is 3.48. The van der Waals surface area contributed by atoms with Crippen molar-refractivity contribution in [2.75, 3.05) is 0 Å². The van der Waals surface area contributed by atoms with Gasteiger partial charge in [0.05, 0.1) is 0 Å². The second-order valence-corrected chi connectivity index (χ2v) is 3.75. The van der Waals surface area contributed by atoms with E-state index in [4.69, 9.17) is 10.5 Å². The van der Waals surface area contributed by atoms with Crippen LogP contribution in [0, 0.1) is 0 Å². The Morgan fingerprint density at radius 3 is 2.44 bits per heavy atom. The maximum absolute atomic E-state index is 11.8. The Kier molecular flexibility index (Phi) is 2.27. The summed E-state index contributed by atoms with van der Waals surface area (Å²) < 4.78 is 5.10. The van der Waals surface area contributed by atoms with Crippen molar-refractivity contribution in [2.24, 2.45) is 5.73 Å². The molecule has 1 atom stereocenters. The van der Waals surface area contributed by atoms with Crippen LogP contribution >= 0.6 is 0 Å². The van der Waals surface area contributed by atoms with Crippen LogP contribution in [0.25, 0.3) is 0 Å². The minimum Gasteiger partial charge on any atom is -0.441 e. The third-order valence-electron chi connectivity index (χ3n) is 2.61. The van der Waals surface area contributed by atoms with Crippen LogP contribution in [0.4, 0.5) is 0 Å². The molecular formula is C12H11NO3. The van der Waals surface area contributed by atoms with E-state index in [0.29, 0.717) is 5.56 Å². The number of carbonyl (C=O) groups excluding carboxylic acids is 2. The number of ether oxygens (including phenoxy) is 1. The number of carbonyl (C=O) groups is 2. The van der Waals surface area contributed by atoms with E-state index >= 15 is 0 Å². The van der Waals surface area contributed by atoms with Crippen molar-refractivity contribution in [3.05, 3.63) is 47.7 Å². The van der Waals surface area contributed by atoms with E-state index < -0.39 is 11.6 Å². The van der Waals surface area contributed by atoms with E-state index in [0.717, 1.165) is 6.08 Å². The van der Waals surface area contributed by atoms with E-state index in [1.807, 2.05) is 6.07 Å². The van der Waals surface area contributed by atoms with Gasteiger partial charge in [-0.25, -0.2) is 4.79 Å². The maximum Gasteiger partial charge on any atom is 0.355 e. The monoisotopic (exact) mass is 217 g/mol. The van der Waals surface area contributed by atoms with Gasteiger partial charge in [0.2, 0.25) is 5.78 Å². The molecule has 0 aliphatic carbocycles. The molecule has 1 heterocycles. The zero-order valence-electron chi connectivity index (χ0n) is 8.77. The summed E-state index contributed by atoms with van der Waals surface area (Å²) in [5.41, 5.74) is 4.55. The van der Waals surface area contributed by atoms with Crippen molar-refractivity contribution in [1.82, 2.24) is 0 Å². The van der Waals surface area contributed by atoms with E-state index in [-0.39, 0.29) is 11.5 Å². The molecule has 4 nitrogen and oxygen atoms in total. The second-order valence-electron chi connectivity index (χ2n) is 3.75. The quantitative estimate of drug-likeness (QED) is 0.708. The Hall–Kier alpha value is -2.10. The van der Waals surface area contributed by atoms with E-state index in [9.17, 15) is 9.59 Å². The van der Waals surface area contributed by atoms with E-state index in [1.165, 1.54) is 0 Å². The van der Waals surface area contributed by atoms with Gasteiger partial charge in [-0.1, -0.05) is 30.3 Å². The summed E-state index contributed by atoms with van der Waals surface area (Å²) in [6.45, 7) is 1.56. The van der Waals surface area contributed by atoms with Crippen LogP contribution in [0.3, 0.4) is 0 Å². The average Bonchev–Trinajstić information content (AvgIpc) is 2.28. The number of hydrogen-bond donors (Lipinski definition) is 1. The van der Waals surface area contributed by atoms with Crippen LogP contribution in [-0.4, -0.2) is 11.8 Å². The molecule has 2 rings (SSSR count). The highest BCUT2D eigenvalue weighted by Gasteiger charge is 2.41. The molecule has 0 saturated carbocycles. The first-order chi connectivity index (χ1) is 7.54. The number of benzene rings is 1. The highest BCUT2D eigenvalue weighted by atomic mass is 16.6. The molecule has 2 N–H and O–H groups in total. The first-order valence-corrected chi connectivity index (χ1v) is 4.84. The summed E-state index contributed by atoms with van der Waals surface area (Å²) in [4.78, 5) is 23.2. The number of nitrogens with two attached hydrogens (primary N) is 1. The summed E-state index contributed by atoms with van der Waals surface area (Å²) in [6, 6.07) is 8.86. The summed E-state index contributed by atoms with van der Waals surface area (Å²) in [5.74, 6) is -0.984. The average molecular weight is 217 g/mol. The van der Waals surface area contributed by atoms with Gasteiger partial charge in [0.15, 0.2) is 5.60 Å². The highest BCUT2D eigenvalue weighted by Crippen LogP contribution is 2.30. The minimum atomic E-state index is -1.26. The molecule has 4 heteroatoms. The molecule has 0 aromatic heterocycles. The minimum absolute atomic E-state index is 0.154. The van der Waals surface area contributed by atoms with Gasteiger partial charge < -0.3 is 10.5 Å². The Morgan fingerprint density at radius 1 is 1.19 bits per heavy atom. The smallest absolute Gasteiger partial charge is 0.355 e. The summed E-state index contributed by atoms with van der Waals surface area (Å²) >= 11 is 0. The number of esters is 1. The predicted molar refractivity (Wildman–Crippen MR) is 57.2 cm³/mol. The molecule has 1 aliphatic rings. The SMILES string of the molecule is C[C@]1(c2ccccc2)OC(=O)C(N)=CC1=O. The summed E-state index contributed by atoms with van der Waals surface area (Å²) in [5, 5.41) is 0. The summed E-state index contributed by atoms with van der Waals surface area (Å²) in [7, 11) is 0. The zero-order valence-corrected chi connectivity index (χ0v) is 8.77. The normalized spacial score (nSPS) is 24.9. The van der Waals surface area contributed by atoms with Crippen LogP contribution in [0.5, 0.6) is 0 Å². The lowest BCUT2D eigenvalue weighted by Gasteiger charge is -2.30. The van der Waals surface area contributed by atoms with Gasteiger partial charge in [-0.2, -0.15) is 0 Å². The van der Waals surface area contributed by atoms with Crippen LogP contribution in [0.15, 0.2) is 42.1 Å². The van der Waals surface area contributed by atoms with E-state index in [1.54, 1.807) is 31.2 Å². The molecule has 0 bridgehead atoms. The standard InChI is InChI=1S/C12H11NO3/c1-12(8-5-3-2-4-6-8)10(14)7-9(13)11(15)16-12/h2-7H,13H2,1H3/t12-/m1/s1. The lowest BCUT2D eigenvalue weighted by molar-refractivity contribution is -0.163. The molecule has 0 fully saturated rings. The van der Waals surface area contributed by atoms with Gasteiger partial charge >= 0.3 is 5.97 Å². The molecule has 0 amide bonds. The van der Waals surface area contributed by atoms with Gasteiger partial charge in [-0.15, -0.1) is 0 Å². The molecule has 0 spiro atoms. The Balaban J connectivity index is 2.48. The predicted octanol–water partition coefficient (Wildman–Crippen LogP) is 0.870. The number of cyclic esters (lactones) is 1. The first-order valence-electron chi connectivity index (χ1n) is 4.84. The number of ketones is 1. The largest absolute Gasteiger partial charge is 0.441 e. The Bertz CT molecular complexity index is 478. The molecule has 1 aromatic carbocycles. The lowest BCUT2D eigenvalue weighted by atomic mass is 9.89. The fourth-order valence-corrected chi connectivity index (χ4v) is 1.59. The third kappa shape index (κ3) is 1.48. The zero-order chi connectivity index (χ0) is 11.8. The lowest BCUT2D eigenvalue weighted by Crippen LogP contribution is -2.42. The molecule has 1 aliphatic heterocycles. The Labute approximate surface area is 92.7 Å². The number of hydrogen-bond acceptors (Lipinski definition) is 4. The van der Waals surface area contributed by atoms with Crippen molar-refractivity contribution in [1.29, 1.82) is 0 Å². The van der Waals surface area contributed by atoms with Crippen LogP contribution in [0.2, 0.25) is 0 Å². The van der Waals surface area contributed by atoms with Gasteiger partial charge in [0.25, 0.3) is 0 Å². The van der Waals surface area contributed by atoms with Crippen LogP contribution in [-0.2, 0) is 19.9 Å². The van der Waals surface area contributed by atoms with Crippen molar-refractivity contribution >= 4 is 11.8 Å². The van der Waals surface area contributed by atoms with Crippen LogP contribution in [0.1, 0.15) is 12.5 Å². The van der Waals surface area contributed by atoms with Gasteiger partial charge in [0, 0.05) is 11.6 Å². The van der Waals surface area contributed by atoms with E-state index in [2.05, 4.69) is 0 Å². The molecule has 16 heavy (non-hydrogen) atoms. The fraction of sp³-hybridized carbons (Fsp3) is 0.167. The molecule has 82 valence electrons. The van der Waals surface area contributed by atoms with Gasteiger partial charge in [-0.05, 0) is 6.92 Å². The number of rotatable bonds is 1. The molecule has 1 aromatic rings. The third-order valence-corrected chi connectivity index (χ3v) is 2.61. The molecule has 0 saturated heterocycles. The molecule has 0 unspecified atom stereocenters. The Morgan fingerprint density at radius 2 is 1.81 bits per heavy atom. The topological polar surface area (TPSA) is 69.4 Å². The van der Waals surface area contributed by atoms with Crippen molar-refractivity contribution in [3.8, 4) is 0 Å². The first kappa shape index (κ1) is 10.4. The molecule has 0 radical (unpaired) electrons. The van der Waals surface area contributed by atoms with Crippen molar-refractivity contribution in [3.63, 3.8) is 0 Å².